The van der Waals surface area contributed by atoms with Crippen LogP contribution < -0.4 is 5.32 Å². The zero-order valence-electron chi connectivity index (χ0n) is 11.0. The van der Waals surface area contributed by atoms with Crippen molar-refractivity contribution < 1.29 is 14.8 Å². The summed E-state index contributed by atoms with van der Waals surface area (Å²) in [6.07, 6.45) is 1.84. The number of nitrogens with zero attached hydrogens (tertiary/aromatic N) is 1. The van der Waals surface area contributed by atoms with Gasteiger partial charge in [0.15, 0.2) is 0 Å². The van der Waals surface area contributed by atoms with Crippen LogP contribution in [-0.4, -0.2) is 40.1 Å². The van der Waals surface area contributed by atoms with Crippen molar-refractivity contribution in [1.29, 1.82) is 0 Å². The van der Waals surface area contributed by atoms with Gasteiger partial charge in [0, 0.05) is 17.4 Å². The highest BCUT2D eigenvalue weighted by Gasteiger charge is 2.22. The Bertz CT molecular complexity index is 508. The van der Waals surface area contributed by atoms with E-state index in [9.17, 15) is 20.0 Å². The van der Waals surface area contributed by atoms with E-state index in [0.29, 0.717) is 0 Å². The molecule has 0 aliphatic heterocycles. The van der Waals surface area contributed by atoms with E-state index in [1.165, 1.54) is 30.0 Å². The van der Waals surface area contributed by atoms with E-state index in [0.717, 1.165) is 0 Å². The van der Waals surface area contributed by atoms with Crippen LogP contribution in [0.3, 0.4) is 0 Å². The molecule has 20 heavy (non-hydrogen) atoms. The minimum atomic E-state index is -0.553. The molecule has 2 unspecified atom stereocenters. The minimum Gasteiger partial charge on any atom is -0.395 e. The number of amides is 1. The normalized spacial score (nSPS) is 13.6. The largest absolute Gasteiger partial charge is 0.395 e. The number of hydrogen-bond acceptors (Lipinski definition) is 5. The van der Waals surface area contributed by atoms with Gasteiger partial charge in [0.1, 0.15) is 4.47 Å². The van der Waals surface area contributed by atoms with Crippen molar-refractivity contribution in [3.63, 3.8) is 0 Å². The van der Waals surface area contributed by atoms with Crippen molar-refractivity contribution in [1.82, 2.24) is 5.32 Å². The number of carbonyl (C=O) groups is 1. The Morgan fingerprint density at radius 3 is 2.75 bits per heavy atom. The standard InChI is InChI=1S/C12H15BrN2O4S/c1-7(10(6-16)20-2)14-12(17)8-4-3-5-9(11(8)13)15(18)19/h3-5,7,10,16H,6H2,1-2H3,(H,14,17). The second-order valence-electron chi connectivity index (χ2n) is 4.11. The molecular formula is C12H15BrN2O4S. The van der Waals surface area contributed by atoms with Crippen LogP contribution in [0, 0.1) is 10.1 Å². The molecule has 110 valence electrons. The van der Waals surface area contributed by atoms with Crippen LogP contribution in [0.15, 0.2) is 22.7 Å². The Kier molecular flexibility index (Phi) is 6.44. The van der Waals surface area contributed by atoms with Crippen LogP contribution in [0.2, 0.25) is 0 Å². The summed E-state index contributed by atoms with van der Waals surface area (Å²) >= 11 is 4.53. The molecule has 1 aromatic carbocycles. The van der Waals surface area contributed by atoms with Crippen molar-refractivity contribution in [2.45, 2.75) is 18.2 Å². The first-order chi connectivity index (χ1) is 9.42. The average Bonchev–Trinajstić information content (AvgIpc) is 2.39. The highest BCUT2D eigenvalue weighted by Crippen LogP contribution is 2.28. The third-order valence-corrected chi connectivity index (χ3v) is 4.82. The molecule has 0 bridgehead atoms. The Hall–Kier alpha value is -1.12. The first kappa shape index (κ1) is 16.9. The maximum absolute atomic E-state index is 12.1. The summed E-state index contributed by atoms with van der Waals surface area (Å²) in [7, 11) is 0. The number of thioether (sulfide) groups is 1. The first-order valence-corrected chi connectivity index (χ1v) is 7.87. The maximum atomic E-state index is 12.1. The maximum Gasteiger partial charge on any atom is 0.284 e. The smallest absolute Gasteiger partial charge is 0.284 e. The van der Waals surface area contributed by atoms with E-state index >= 15 is 0 Å². The number of benzene rings is 1. The molecule has 0 spiro atoms. The minimum absolute atomic E-state index is 0.0568. The highest BCUT2D eigenvalue weighted by atomic mass is 79.9. The molecule has 6 nitrogen and oxygen atoms in total. The predicted octanol–water partition coefficient (Wildman–Crippen LogP) is 2.20. The molecule has 2 N–H and O–H groups in total. The summed E-state index contributed by atoms with van der Waals surface area (Å²) in [6, 6.07) is 4.03. The number of aliphatic hydroxyl groups excluding tert-OH is 1. The number of halogens is 1. The number of rotatable bonds is 6. The molecule has 0 fully saturated rings. The summed E-state index contributed by atoms with van der Waals surface area (Å²) in [5, 5.41) is 22.6. The van der Waals surface area contributed by atoms with Gasteiger partial charge >= 0.3 is 0 Å². The fourth-order valence-corrected chi connectivity index (χ4v) is 2.86. The van der Waals surface area contributed by atoms with E-state index in [1.807, 2.05) is 6.26 Å². The SMILES string of the molecule is CSC(CO)C(C)NC(=O)c1cccc([N+](=O)[O-])c1Br. The quantitative estimate of drug-likeness (QED) is 0.597. The first-order valence-electron chi connectivity index (χ1n) is 5.79. The lowest BCUT2D eigenvalue weighted by Gasteiger charge is -2.21. The molecular weight excluding hydrogens is 348 g/mol. The highest BCUT2D eigenvalue weighted by molar-refractivity contribution is 9.10. The average molecular weight is 363 g/mol. The van der Waals surface area contributed by atoms with Crippen molar-refractivity contribution in [3.05, 3.63) is 38.3 Å². The number of nitrogens with one attached hydrogen (secondary N) is 1. The second kappa shape index (κ2) is 7.61. The number of carbonyl (C=O) groups excluding carboxylic acids is 1. The summed E-state index contributed by atoms with van der Waals surface area (Å²) in [5.41, 5.74) is 0.0396. The van der Waals surface area contributed by atoms with Gasteiger partial charge in [-0.3, -0.25) is 14.9 Å². The fourth-order valence-electron chi connectivity index (χ4n) is 1.65. The second-order valence-corrected chi connectivity index (χ2v) is 5.98. The van der Waals surface area contributed by atoms with E-state index in [1.54, 1.807) is 6.92 Å². The molecule has 0 aliphatic carbocycles. The lowest BCUT2D eigenvalue weighted by molar-refractivity contribution is -0.385. The number of nitro groups is 1. The monoisotopic (exact) mass is 362 g/mol. The molecule has 0 heterocycles. The molecule has 8 heteroatoms. The van der Waals surface area contributed by atoms with E-state index in [-0.39, 0.29) is 33.6 Å². The van der Waals surface area contributed by atoms with Crippen LogP contribution in [0.25, 0.3) is 0 Å². The van der Waals surface area contributed by atoms with Gasteiger partial charge in [-0.2, -0.15) is 11.8 Å². The molecule has 2 atom stereocenters. The van der Waals surface area contributed by atoms with Crippen molar-refractivity contribution in [2.24, 2.45) is 0 Å². The van der Waals surface area contributed by atoms with Gasteiger partial charge in [0.05, 0.1) is 17.1 Å². The number of aliphatic hydroxyl groups is 1. The molecule has 0 saturated carbocycles. The van der Waals surface area contributed by atoms with E-state index in [4.69, 9.17) is 0 Å². The number of hydrogen-bond donors (Lipinski definition) is 2. The topological polar surface area (TPSA) is 92.5 Å². The van der Waals surface area contributed by atoms with Crippen molar-refractivity contribution >= 4 is 39.3 Å². The number of nitro benzene ring substituents is 1. The fraction of sp³-hybridized carbons (Fsp3) is 0.417. The van der Waals surface area contributed by atoms with Gasteiger partial charge in [-0.05, 0) is 35.2 Å². The van der Waals surface area contributed by atoms with Gasteiger partial charge in [-0.25, -0.2) is 0 Å². The summed E-state index contributed by atoms with van der Waals surface area (Å²) in [6.45, 7) is 1.72. The van der Waals surface area contributed by atoms with Gasteiger partial charge in [0.2, 0.25) is 0 Å². The summed E-state index contributed by atoms with van der Waals surface area (Å²) in [4.78, 5) is 22.4. The van der Waals surface area contributed by atoms with Gasteiger partial charge in [-0.1, -0.05) is 6.07 Å². The molecule has 1 rings (SSSR count). The molecule has 1 amide bonds. The van der Waals surface area contributed by atoms with Crippen LogP contribution >= 0.6 is 27.7 Å². The van der Waals surface area contributed by atoms with Gasteiger partial charge < -0.3 is 10.4 Å². The molecule has 0 aromatic heterocycles. The van der Waals surface area contributed by atoms with Crippen LogP contribution in [0.1, 0.15) is 17.3 Å². The third kappa shape index (κ3) is 3.94. The molecule has 1 aromatic rings. The molecule has 0 aliphatic rings. The van der Waals surface area contributed by atoms with E-state index in [2.05, 4.69) is 21.2 Å². The molecule has 0 saturated heterocycles. The van der Waals surface area contributed by atoms with Crippen LogP contribution in [-0.2, 0) is 0 Å². The van der Waals surface area contributed by atoms with Crippen LogP contribution in [0.5, 0.6) is 0 Å². The Morgan fingerprint density at radius 2 is 2.25 bits per heavy atom. The van der Waals surface area contributed by atoms with Crippen molar-refractivity contribution in [3.8, 4) is 0 Å². The van der Waals surface area contributed by atoms with Gasteiger partial charge in [0.25, 0.3) is 11.6 Å². The predicted molar refractivity (Wildman–Crippen MR) is 82.1 cm³/mol. The van der Waals surface area contributed by atoms with Gasteiger partial charge in [-0.15, -0.1) is 0 Å². The Labute approximate surface area is 129 Å². The summed E-state index contributed by atoms with van der Waals surface area (Å²) < 4.78 is 0.152. The molecule has 0 radical (unpaired) electrons. The zero-order chi connectivity index (χ0) is 15.3. The van der Waals surface area contributed by atoms with Crippen molar-refractivity contribution in [2.75, 3.05) is 12.9 Å². The Morgan fingerprint density at radius 1 is 1.60 bits per heavy atom. The Balaban J connectivity index is 2.93. The van der Waals surface area contributed by atoms with Crippen LogP contribution in [0.4, 0.5) is 5.69 Å². The summed E-state index contributed by atoms with van der Waals surface area (Å²) in [5.74, 6) is -0.416. The van der Waals surface area contributed by atoms with E-state index < -0.39 is 10.8 Å². The zero-order valence-corrected chi connectivity index (χ0v) is 13.4. The lowest BCUT2D eigenvalue weighted by atomic mass is 10.1. The lowest BCUT2D eigenvalue weighted by Crippen LogP contribution is -2.41. The third-order valence-electron chi connectivity index (χ3n) is 2.82.